The molecule has 1 aliphatic rings. The van der Waals surface area contributed by atoms with Crippen LogP contribution in [0, 0.1) is 0 Å². The lowest BCUT2D eigenvalue weighted by molar-refractivity contribution is 0.746. The summed E-state index contributed by atoms with van der Waals surface area (Å²) in [6, 6.07) is 2.76. The molecule has 0 spiro atoms. The maximum Gasteiger partial charge on any atom is 0.133 e. The van der Waals surface area contributed by atoms with Crippen molar-refractivity contribution in [3.8, 4) is 0 Å². The highest BCUT2D eigenvalue weighted by atomic mass is 79.9. The van der Waals surface area contributed by atoms with Gasteiger partial charge in [-0.15, -0.1) is 11.6 Å². The van der Waals surface area contributed by atoms with Crippen LogP contribution in [0.2, 0.25) is 0 Å². The van der Waals surface area contributed by atoms with Crippen LogP contribution in [0.25, 0.3) is 0 Å². The Morgan fingerprint density at radius 3 is 2.88 bits per heavy atom. The first kappa shape index (κ1) is 12.2. The number of pyridine rings is 1. The van der Waals surface area contributed by atoms with Crippen LogP contribution >= 0.6 is 27.5 Å². The predicted octanol–water partition coefficient (Wildman–Crippen LogP) is 3.96. The Hall–Kier alpha value is -0.280. The molecular formula is C12H16BrClN2. The summed E-state index contributed by atoms with van der Waals surface area (Å²) in [5.74, 6) is 1.59. The molecule has 16 heavy (non-hydrogen) atoms. The third-order valence-electron chi connectivity index (χ3n) is 2.78. The van der Waals surface area contributed by atoms with Crippen LogP contribution in [0.3, 0.4) is 0 Å². The van der Waals surface area contributed by atoms with Gasteiger partial charge in [-0.3, -0.25) is 0 Å². The molecule has 1 heterocycles. The van der Waals surface area contributed by atoms with Crippen molar-refractivity contribution in [1.29, 1.82) is 0 Å². The predicted molar refractivity (Wildman–Crippen MR) is 72.2 cm³/mol. The lowest BCUT2D eigenvalue weighted by atomic mass is 10.2. The Balaban J connectivity index is 2.28. The lowest BCUT2D eigenvalue weighted by Crippen LogP contribution is -2.28. The highest BCUT2D eigenvalue weighted by Crippen LogP contribution is 2.33. The Labute approximate surface area is 110 Å². The van der Waals surface area contributed by atoms with Crippen LogP contribution in [-0.4, -0.2) is 17.6 Å². The number of halogens is 2. The molecule has 0 radical (unpaired) electrons. The molecule has 1 aliphatic carbocycles. The molecule has 2 rings (SSSR count). The Bertz CT molecular complexity index is 366. The maximum absolute atomic E-state index is 5.99. The van der Waals surface area contributed by atoms with Gasteiger partial charge in [0.05, 0.1) is 5.88 Å². The van der Waals surface area contributed by atoms with Gasteiger partial charge in [-0.25, -0.2) is 4.98 Å². The van der Waals surface area contributed by atoms with Crippen LogP contribution in [0.1, 0.15) is 31.7 Å². The quantitative estimate of drug-likeness (QED) is 0.765. The molecule has 88 valence electrons. The van der Waals surface area contributed by atoms with Gasteiger partial charge in [-0.05, 0) is 41.3 Å². The van der Waals surface area contributed by atoms with E-state index in [0.29, 0.717) is 11.9 Å². The molecular weight excluding hydrogens is 288 g/mol. The molecule has 0 unspecified atom stereocenters. The van der Waals surface area contributed by atoms with Crippen LogP contribution in [-0.2, 0) is 5.88 Å². The van der Waals surface area contributed by atoms with Crippen molar-refractivity contribution in [2.45, 2.75) is 38.1 Å². The van der Waals surface area contributed by atoms with E-state index in [1.165, 1.54) is 12.8 Å². The summed E-state index contributed by atoms with van der Waals surface area (Å²) < 4.78 is 0.999. The van der Waals surface area contributed by atoms with Crippen LogP contribution in [0.4, 0.5) is 5.82 Å². The van der Waals surface area contributed by atoms with Gasteiger partial charge in [0.25, 0.3) is 0 Å². The summed E-state index contributed by atoms with van der Waals surface area (Å²) in [7, 11) is 0. The van der Waals surface area contributed by atoms with Crippen LogP contribution in [0.15, 0.2) is 16.7 Å². The van der Waals surface area contributed by atoms with Crippen molar-refractivity contribution in [1.82, 2.24) is 4.98 Å². The van der Waals surface area contributed by atoms with Gasteiger partial charge >= 0.3 is 0 Å². The minimum Gasteiger partial charge on any atom is -0.353 e. The molecule has 1 aromatic rings. The smallest absolute Gasteiger partial charge is 0.133 e. The van der Waals surface area contributed by atoms with E-state index < -0.39 is 0 Å². The van der Waals surface area contributed by atoms with Crippen molar-refractivity contribution < 1.29 is 0 Å². The van der Waals surface area contributed by atoms with Crippen molar-refractivity contribution in [3.05, 3.63) is 22.3 Å². The molecule has 0 N–H and O–H groups in total. The first-order valence-electron chi connectivity index (χ1n) is 5.73. The highest BCUT2D eigenvalue weighted by Gasteiger charge is 2.30. The fourth-order valence-electron chi connectivity index (χ4n) is 1.92. The fraction of sp³-hybridized carbons (Fsp3) is 0.583. The minimum absolute atomic E-state index is 0.523. The fourth-order valence-corrected chi connectivity index (χ4v) is 2.49. The molecule has 4 heteroatoms. The summed E-state index contributed by atoms with van der Waals surface area (Å²) >= 11 is 9.42. The van der Waals surface area contributed by atoms with Gasteiger partial charge in [-0.1, -0.05) is 6.92 Å². The largest absolute Gasteiger partial charge is 0.353 e. The van der Waals surface area contributed by atoms with Crippen molar-refractivity contribution in [2.75, 3.05) is 11.4 Å². The molecule has 0 atom stereocenters. The standard InChI is InChI=1S/C12H16BrClN2/c1-2-5-16(11-3-4-11)12-9(7-14)6-10(13)8-15-12/h6,8,11H,2-5,7H2,1H3. The van der Waals surface area contributed by atoms with Gasteiger partial charge < -0.3 is 4.90 Å². The topological polar surface area (TPSA) is 16.1 Å². The molecule has 0 bridgehead atoms. The molecule has 0 saturated heterocycles. The van der Waals surface area contributed by atoms with E-state index in [9.17, 15) is 0 Å². The number of alkyl halides is 1. The molecule has 2 nitrogen and oxygen atoms in total. The van der Waals surface area contributed by atoms with Gasteiger partial charge in [0.1, 0.15) is 5.82 Å². The Morgan fingerprint density at radius 1 is 1.56 bits per heavy atom. The number of hydrogen-bond acceptors (Lipinski definition) is 2. The molecule has 1 aromatic heterocycles. The van der Waals surface area contributed by atoms with E-state index in [2.05, 4.69) is 38.8 Å². The first-order chi connectivity index (χ1) is 7.76. The van der Waals surface area contributed by atoms with Gasteiger partial charge in [0.15, 0.2) is 0 Å². The molecule has 0 aliphatic heterocycles. The number of nitrogens with zero attached hydrogens (tertiary/aromatic N) is 2. The number of rotatable bonds is 5. The summed E-state index contributed by atoms with van der Waals surface area (Å²) in [6.07, 6.45) is 5.59. The third kappa shape index (κ3) is 2.69. The second-order valence-corrected chi connectivity index (χ2v) is 5.38. The van der Waals surface area contributed by atoms with E-state index >= 15 is 0 Å². The maximum atomic E-state index is 5.99. The van der Waals surface area contributed by atoms with E-state index in [-0.39, 0.29) is 0 Å². The zero-order valence-corrected chi connectivity index (χ0v) is 11.8. The Morgan fingerprint density at radius 2 is 2.31 bits per heavy atom. The molecule has 1 saturated carbocycles. The first-order valence-corrected chi connectivity index (χ1v) is 7.06. The average molecular weight is 304 g/mol. The van der Waals surface area contributed by atoms with Crippen molar-refractivity contribution in [3.63, 3.8) is 0 Å². The minimum atomic E-state index is 0.523. The van der Waals surface area contributed by atoms with Gasteiger partial charge in [0.2, 0.25) is 0 Å². The number of aromatic nitrogens is 1. The van der Waals surface area contributed by atoms with Crippen LogP contribution < -0.4 is 4.90 Å². The summed E-state index contributed by atoms with van der Waals surface area (Å²) in [6.45, 7) is 3.28. The van der Waals surface area contributed by atoms with Crippen molar-refractivity contribution >= 4 is 33.3 Å². The monoisotopic (exact) mass is 302 g/mol. The molecule has 0 aromatic carbocycles. The zero-order chi connectivity index (χ0) is 11.5. The third-order valence-corrected chi connectivity index (χ3v) is 3.50. The SMILES string of the molecule is CCCN(c1ncc(Br)cc1CCl)C1CC1. The van der Waals surface area contributed by atoms with Crippen LogP contribution in [0.5, 0.6) is 0 Å². The van der Waals surface area contributed by atoms with E-state index in [4.69, 9.17) is 11.6 Å². The Kier molecular flexibility index (Phi) is 4.09. The van der Waals surface area contributed by atoms with Gasteiger partial charge in [-0.2, -0.15) is 0 Å². The van der Waals surface area contributed by atoms with E-state index in [1.54, 1.807) is 0 Å². The van der Waals surface area contributed by atoms with E-state index in [1.807, 2.05) is 6.20 Å². The van der Waals surface area contributed by atoms with E-state index in [0.717, 1.165) is 28.8 Å². The molecule has 0 amide bonds. The second kappa shape index (κ2) is 5.37. The number of anilines is 1. The second-order valence-electron chi connectivity index (χ2n) is 4.19. The lowest BCUT2D eigenvalue weighted by Gasteiger charge is -2.25. The van der Waals surface area contributed by atoms with Crippen molar-refractivity contribution in [2.24, 2.45) is 0 Å². The highest BCUT2D eigenvalue weighted by molar-refractivity contribution is 9.10. The zero-order valence-electron chi connectivity index (χ0n) is 9.42. The summed E-state index contributed by atoms with van der Waals surface area (Å²) in [5, 5.41) is 0. The van der Waals surface area contributed by atoms with Gasteiger partial charge in [0, 0.05) is 28.8 Å². The molecule has 1 fully saturated rings. The summed E-state index contributed by atoms with van der Waals surface area (Å²) in [5.41, 5.74) is 1.12. The number of hydrogen-bond donors (Lipinski definition) is 0. The summed E-state index contributed by atoms with van der Waals surface area (Å²) in [4.78, 5) is 6.93. The average Bonchev–Trinajstić information content (AvgIpc) is 3.10. The normalized spacial score (nSPS) is 15.2.